The van der Waals surface area contributed by atoms with Crippen LogP contribution in [0, 0.1) is 5.92 Å². The Morgan fingerprint density at radius 3 is 2.39 bits per heavy atom. The van der Waals surface area contributed by atoms with Crippen LogP contribution in [0.15, 0.2) is 91.0 Å². The third-order valence-corrected chi connectivity index (χ3v) is 6.19. The normalized spacial score (nSPS) is 12.9. The molecule has 0 aliphatic heterocycles. The molecular weight excluding hydrogens is 456 g/mol. The summed E-state index contributed by atoms with van der Waals surface area (Å²) < 4.78 is 6.02. The molecule has 0 spiro atoms. The average molecular weight is 485 g/mol. The van der Waals surface area contributed by atoms with Gasteiger partial charge in [-0.3, -0.25) is 15.3 Å². The Balaban J connectivity index is 1.61. The molecule has 184 valence electrons. The van der Waals surface area contributed by atoms with Crippen LogP contribution >= 0.6 is 0 Å². The number of hydroxylamine groups is 1. The molecule has 0 aromatic heterocycles. The number of anilines is 1. The van der Waals surface area contributed by atoms with Crippen molar-refractivity contribution < 1.29 is 24.6 Å². The molecule has 0 fully saturated rings. The van der Waals surface area contributed by atoms with Crippen molar-refractivity contribution in [1.29, 1.82) is 0 Å². The van der Waals surface area contributed by atoms with Crippen molar-refractivity contribution in [1.82, 2.24) is 5.48 Å². The van der Waals surface area contributed by atoms with Gasteiger partial charge in [0.1, 0.15) is 11.9 Å². The van der Waals surface area contributed by atoms with Crippen LogP contribution < -0.4 is 10.8 Å². The van der Waals surface area contributed by atoms with Crippen molar-refractivity contribution in [2.45, 2.75) is 25.9 Å². The number of fused-ring (bicyclic) bond motifs is 2. The summed E-state index contributed by atoms with van der Waals surface area (Å²) in [6.45, 7) is 1.97. The predicted octanol–water partition coefficient (Wildman–Crippen LogP) is 6.47. The average Bonchev–Trinajstić information content (AvgIpc) is 2.90. The minimum Gasteiger partial charge on any atom is -0.507 e. The van der Waals surface area contributed by atoms with Gasteiger partial charge in [-0.1, -0.05) is 79.7 Å². The van der Waals surface area contributed by atoms with Gasteiger partial charge in [-0.15, -0.1) is 0 Å². The van der Waals surface area contributed by atoms with Gasteiger partial charge < -0.3 is 9.84 Å². The summed E-state index contributed by atoms with van der Waals surface area (Å²) in [6.07, 6.45) is 2.85. The van der Waals surface area contributed by atoms with Gasteiger partial charge in [0.05, 0.1) is 5.69 Å². The van der Waals surface area contributed by atoms with Gasteiger partial charge >= 0.3 is 6.09 Å². The van der Waals surface area contributed by atoms with E-state index in [1.807, 2.05) is 73.7 Å². The number of phenolic OH excluding ortho intramolecular Hbond substituents is 1. The smallest absolute Gasteiger partial charge is 0.412 e. The van der Waals surface area contributed by atoms with Crippen molar-refractivity contribution in [3.05, 3.63) is 96.6 Å². The molecule has 7 heteroatoms. The molecule has 0 unspecified atom stereocenters. The van der Waals surface area contributed by atoms with E-state index in [0.717, 1.165) is 21.7 Å². The second-order valence-electron chi connectivity index (χ2n) is 8.63. The number of ether oxygens (including phenoxy) is 1. The second kappa shape index (κ2) is 11.4. The molecule has 2 amide bonds. The molecule has 36 heavy (non-hydrogen) atoms. The Labute approximate surface area is 209 Å². The van der Waals surface area contributed by atoms with Gasteiger partial charge in [0, 0.05) is 22.4 Å². The summed E-state index contributed by atoms with van der Waals surface area (Å²) in [6, 6.07) is 24.3. The summed E-state index contributed by atoms with van der Waals surface area (Å²) >= 11 is 0. The first-order valence-electron chi connectivity index (χ1n) is 11.7. The maximum absolute atomic E-state index is 13.1. The molecule has 4 rings (SSSR count). The van der Waals surface area contributed by atoms with E-state index in [9.17, 15) is 14.7 Å². The molecule has 0 saturated carbocycles. The number of hydrogen-bond donors (Lipinski definition) is 4. The highest BCUT2D eigenvalue weighted by molar-refractivity contribution is 6.00. The highest BCUT2D eigenvalue weighted by atomic mass is 16.6. The van der Waals surface area contributed by atoms with Gasteiger partial charge in [0.15, 0.2) is 0 Å². The van der Waals surface area contributed by atoms with Crippen molar-refractivity contribution in [3.8, 4) is 5.75 Å². The highest BCUT2D eigenvalue weighted by Gasteiger charge is 2.26. The minimum atomic E-state index is -0.620. The number of phenols is 1. The number of allylic oxidation sites excluding steroid dienone is 1. The zero-order valence-electron chi connectivity index (χ0n) is 19.8. The zero-order valence-corrected chi connectivity index (χ0v) is 19.8. The van der Waals surface area contributed by atoms with Crippen molar-refractivity contribution in [3.63, 3.8) is 0 Å². The van der Waals surface area contributed by atoms with Gasteiger partial charge in [-0.2, -0.15) is 0 Å². The number of amides is 2. The molecule has 0 radical (unpaired) electrons. The van der Waals surface area contributed by atoms with Crippen LogP contribution in [-0.2, 0) is 9.53 Å². The quantitative estimate of drug-likeness (QED) is 0.130. The lowest BCUT2D eigenvalue weighted by Crippen LogP contribution is -2.22. The molecule has 0 aliphatic rings. The van der Waals surface area contributed by atoms with Gasteiger partial charge in [0.2, 0.25) is 0 Å². The van der Waals surface area contributed by atoms with Gasteiger partial charge in [-0.25, -0.2) is 10.3 Å². The first kappa shape index (κ1) is 24.8. The van der Waals surface area contributed by atoms with Crippen LogP contribution in [0.4, 0.5) is 10.5 Å². The van der Waals surface area contributed by atoms with Gasteiger partial charge in [-0.05, 0) is 41.7 Å². The monoisotopic (exact) mass is 484 g/mol. The van der Waals surface area contributed by atoms with E-state index >= 15 is 0 Å². The van der Waals surface area contributed by atoms with E-state index in [1.165, 1.54) is 6.08 Å². The van der Waals surface area contributed by atoms with Crippen LogP contribution in [0.25, 0.3) is 21.5 Å². The second-order valence-corrected chi connectivity index (χ2v) is 8.63. The molecule has 0 heterocycles. The maximum Gasteiger partial charge on any atom is 0.412 e. The van der Waals surface area contributed by atoms with Crippen LogP contribution in [0.1, 0.15) is 31.4 Å². The largest absolute Gasteiger partial charge is 0.507 e. The Kier molecular flexibility index (Phi) is 7.82. The van der Waals surface area contributed by atoms with E-state index in [2.05, 4.69) is 5.32 Å². The zero-order chi connectivity index (χ0) is 25.5. The van der Waals surface area contributed by atoms with E-state index in [-0.39, 0.29) is 11.7 Å². The fourth-order valence-electron chi connectivity index (χ4n) is 4.37. The van der Waals surface area contributed by atoms with E-state index in [0.29, 0.717) is 23.9 Å². The minimum absolute atomic E-state index is 0.127. The summed E-state index contributed by atoms with van der Waals surface area (Å²) in [7, 11) is 0. The topological polar surface area (TPSA) is 108 Å². The van der Waals surface area contributed by atoms with Crippen molar-refractivity contribution >= 4 is 39.2 Å². The number of nitrogens with one attached hydrogen (secondary N) is 2. The molecule has 4 aromatic rings. The summed E-state index contributed by atoms with van der Waals surface area (Å²) in [4.78, 5) is 24.4. The number of benzene rings is 4. The molecule has 4 N–H and O–H groups in total. The Hall–Kier alpha value is -4.36. The number of carbonyl (C=O) groups excluding carboxylic acids is 2. The first-order valence-corrected chi connectivity index (χ1v) is 11.7. The fraction of sp³-hybridized carbons (Fsp3) is 0.172. The number of hydrogen-bond acceptors (Lipinski definition) is 5. The molecule has 0 bridgehead atoms. The Morgan fingerprint density at radius 1 is 0.917 bits per heavy atom. The highest BCUT2D eigenvalue weighted by Crippen LogP contribution is 2.37. The lowest BCUT2D eigenvalue weighted by atomic mass is 9.89. The van der Waals surface area contributed by atoms with Crippen LogP contribution in [0.2, 0.25) is 0 Å². The lowest BCUT2D eigenvalue weighted by molar-refractivity contribution is -0.124. The first-order chi connectivity index (χ1) is 17.5. The van der Waals surface area contributed by atoms with Crippen molar-refractivity contribution in [2.75, 3.05) is 5.32 Å². The van der Waals surface area contributed by atoms with E-state index < -0.39 is 18.1 Å². The van der Waals surface area contributed by atoms with Gasteiger partial charge in [0.25, 0.3) is 5.91 Å². The number of rotatable bonds is 8. The van der Waals surface area contributed by atoms with Crippen molar-refractivity contribution in [2.24, 2.45) is 5.92 Å². The Morgan fingerprint density at radius 2 is 1.61 bits per heavy atom. The third kappa shape index (κ3) is 5.64. The Bertz CT molecular complexity index is 1410. The lowest BCUT2D eigenvalue weighted by Gasteiger charge is -2.26. The van der Waals surface area contributed by atoms with Crippen LogP contribution in [0.3, 0.4) is 0 Å². The molecule has 2 atom stereocenters. The van der Waals surface area contributed by atoms with E-state index in [4.69, 9.17) is 9.94 Å². The molecule has 0 saturated heterocycles. The molecule has 7 nitrogen and oxygen atoms in total. The number of carbonyl (C=O) groups is 2. The SMILES string of the molecule is C[C@H](CC/C=C/C(=O)NO)[C@@H](OC(=O)Nc1cccc2ccccc12)c1ccc(O)c2ccccc12. The maximum atomic E-state index is 13.1. The van der Waals surface area contributed by atoms with Crippen LogP contribution in [0.5, 0.6) is 5.75 Å². The summed E-state index contributed by atoms with van der Waals surface area (Å²) in [5, 5.41) is 25.3. The standard InChI is InChI=1S/C29H28N2O5/c1-19(9-2-7-16-27(33)31-35)28(24-17-18-26(32)23-14-6-5-13-22(23)24)36-29(34)30-25-15-8-11-20-10-3-4-12-21(20)25/h3-8,10-19,28,32,35H,2,9H2,1H3,(H,30,34)(H,31,33)/b16-7+/t19-,28-/m1/s1. The summed E-state index contributed by atoms with van der Waals surface area (Å²) in [5.41, 5.74) is 2.99. The van der Waals surface area contributed by atoms with E-state index in [1.54, 1.807) is 23.7 Å². The predicted molar refractivity (Wildman–Crippen MR) is 140 cm³/mol. The molecule has 0 aliphatic carbocycles. The fourth-order valence-corrected chi connectivity index (χ4v) is 4.37. The van der Waals surface area contributed by atoms with Crippen LogP contribution in [-0.4, -0.2) is 22.3 Å². The molecule has 4 aromatic carbocycles. The number of aromatic hydroxyl groups is 1. The third-order valence-electron chi connectivity index (χ3n) is 6.19. The summed E-state index contributed by atoms with van der Waals surface area (Å²) in [5.74, 6) is -0.577. The molecular formula is C29H28N2O5.